The van der Waals surface area contributed by atoms with Gasteiger partial charge in [0.25, 0.3) is 0 Å². The van der Waals surface area contributed by atoms with E-state index in [2.05, 4.69) is 47.6 Å². The highest BCUT2D eigenvalue weighted by atomic mass is 16.2. The Morgan fingerprint density at radius 3 is 2.37 bits per heavy atom. The second kappa shape index (κ2) is 6.57. The number of benzene rings is 1. The minimum atomic E-state index is -0.0996. The molecule has 0 aliphatic carbocycles. The van der Waals surface area contributed by atoms with Crippen LogP contribution in [-0.4, -0.2) is 37.1 Å². The van der Waals surface area contributed by atoms with Crippen LogP contribution in [0.4, 0.5) is 10.5 Å². The predicted molar refractivity (Wildman–Crippen MR) is 78.7 cm³/mol. The summed E-state index contributed by atoms with van der Waals surface area (Å²) in [5.74, 6) is 0. The molecule has 0 saturated carbocycles. The summed E-state index contributed by atoms with van der Waals surface area (Å²) in [4.78, 5) is 14.2. The van der Waals surface area contributed by atoms with Crippen molar-refractivity contribution < 1.29 is 4.79 Å². The molecule has 1 aliphatic rings. The van der Waals surface area contributed by atoms with Crippen molar-refractivity contribution in [3.63, 3.8) is 0 Å². The van der Waals surface area contributed by atoms with Crippen molar-refractivity contribution in [2.75, 3.05) is 31.5 Å². The number of anilines is 1. The van der Waals surface area contributed by atoms with E-state index in [0.717, 1.165) is 25.1 Å². The molecule has 2 amide bonds. The molecule has 0 atom stereocenters. The first-order chi connectivity index (χ1) is 9.24. The maximum atomic E-state index is 11.9. The molecule has 19 heavy (non-hydrogen) atoms. The van der Waals surface area contributed by atoms with Gasteiger partial charge in [-0.15, -0.1) is 0 Å². The van der Waals surface area contributed by atoms with Gasteiger partial charge in [0, 0.05) is 31.9 Å². The summed E-state index contributed by atoms with van der Waals surface area (Å²) in [6.07, 6.45) is 1.86. The Bertz CT molecular complexity index is 419. The molecule has 0 spiro atoms. The fourth-order valence-electron chi connectivity index (χ4n) is 2.18. The number of nitrogens with one attached hydrogen (secondary N) is 2. The molecule has 0 radical (unpaired) electrons. The minimum absolute atomic E-state index is 0.0996. The monoisotopic (exact) mass is 261 g/mol. The van der Waals surface area contributed by atoms with Crippen molar-refractivity contribution in [1.82, 2.24) is 10.2 Å². The second-order valence-electron chi connectivity index (χ2n) is 4.88. The van der Waals surface area contributed by atoms with Crippen LogP contribution in [0.15, 0.2) is 18.2 Å². The summed E-state index contributed by atoms with van der Waals surface area (Å²) in [6, 6.07) is 6.11. The van der Waals surface area contributed by atoms with Crippen molar-refractivity contribution in [2.45, 2.75) is 26.7 Å². The fourth-order valence-corrected chi connectivity index (χ4v) is 2.18. The zero-order chi connectivity index (χ0) is 13.7. The van der Waals surface area contributed by atoms with E-state index >= 15 is 0 Å². The summed E-state index contributed by atoms with van der Waals surface area (Å²) in [7, 11) is 0. The number of hydrogen-bond donors (Lipinski definition) is 2. The van der Waals surface area contributed by atoms with E-state index in [4.69, 9.17) is 0 Å². The van der Waals surface area contributed by atoms with Gasteiger partial charge in [0.05, 0.1) is 0 Å². The Kier molecular flexibility index (Phi) is 4.80. The Labute approximate surface area is 115 Å². The fraction of sp³-hybridized carbons (Fsp3) is 0.533. The lowest BCUT2D eigenvalue weighted by Gasteiger charge is -2.15. The Hall–Kier alpha value is -1.55. The molecule has 1 aromatic rings. The molecule has 0 bridgehead atoms. The van der Waals surface area contributed by atoms with Gasteiger partial charge in [-0.2, -0.15) is 0 Å². The Morgan fingerprint density at radius 2 is 1.84 bits per heavy atom. The van der Waals surface area contributed by atoms with Crippen LogP contribution < -0.4 is 10.6 Å². The largest absolute Gasteiger partial charge is 0.337 e. The zero-order valence-corrected chi connectivity index (χ0v) is 11.8. The van der Waals surface area contributed by atoms with E-state index in [1.165, 1.54) is 24.2 Å². The SMILES string of the molecule is CCc1cccc(CC)c1NC(=O)NCCN1CC1. The molecule has 2 rings (SSSR count). The summed E-state index contributed by atoms with van der Waals surface area (Å²) in [6.45, 7) is 8.21. The summed E-state index contributed by atoms with van der Waals surface area (Å²) in [5.41, 5.74) is 3.37. The van der Waals surface area contributed by atoms with Crippen LogP contribution in [0.1, 0.15) is 25.0 Å². The molecule has 4 heteroatoms. The van der Waals surface area contributed by atoms with E-state index in [-0.39, 0.29) is 6.03 Å². The first-order valence-corrected chi connectivity index (χ1v) is 7.12. The number of aryl methyl sites for hydroxylation is 2. The number of para-hydroxylation sites is 1. The minimum Gasteiger partial charge on any atom is -0.337 e. The molecule has 1 heterocycles. The molecule has 1 fully saturated rings. The van der Waals surface area contributed by atoms with Gasteiger partial charge in [-0.05, 0) is 24.0 Å². The van der Waals surface area contributed by atoms with E-state index in [1.54, 1.807) is 0 Å². The standard InChI is InChI=1S/C15H23N3O/c1-3-12-6-5-7-13(4-2)14(12)17-15(19)16-8-9-18-10-11-18/h5-7H,3-4,8-11H2,1-2H3,(H2,16,17,19). The van der Waals surface area contributed by atoms with Gasteiger partial charge >= 0.3 is 6.03 Å². The molecule has 4 nitrogen and oxygen atoms in total. The third-order valence-electron chi connectivity index (χ3n) is 3.49. The van der Waals surface area contributed by atoms with Crippen molar-refractivity contribution in [2.24, 2.45) is 0 Å². The van der Waals surface area contributed by atoms with Crippen LogP contribution in [0.25, 0.3) is 0 Å². The van der Waals surface area contributed by atoms with Crippen molar-refractivity contribution in [1.29, 1.82) is 0 Å². The number of amides is 2. The third kappa shape index (κ3) is 3.96. The topological polar surface area (TPSA) is 44.1 Å². The number of carbonyl (C=O) groups excluding carboxylic acids is 1. The van der Waals surface area contributed by atoms with Gasteiger partial charge in [-0.25, -0.2) is 4.79 Å². The van der Waals surface area contributed by atoms with E-state index in [0.29, 0.717) is 6.54 Å². The highest BCUT2D eigenvalue weighted by Gasteiger charge is 2.16. The number of nitrogens with zero attached hydrogens (tertiary/aromatic N) is 1. The maximum Gasteiger partial charge on any atom is 0.319 e. The lowest BCUT2D eigenvalue weighted by molar-refractivity contribution is 0.251. The lowest BCUT2D eigenvalue weighted by Crippen LogP contribution is -2.33. The van der Waals surface area contributed by atoms with Gasteiger partial charge < -0.3 is 10.6 Å². The summed E-state index contributed by atoms with van der Waals surface area (Å²) in [5, 5.41) is 5.92. The molecular formula is C15H23N3O. The molecular weight excluding hydrogens is 238 g/mol. The van der Waals surface area contributed by atoms with Gasteiger partial charge in [0.1, 0.15) is 0 Å². The molecule has 1 aromatic carbocycles. The van der Waals surface area contributed by atoms with Crippen LogP contribution in [0.5, 0.6) is 0 Å². The molecule has 0 unspecified atom stereocenters. The Balaban J connectivity index is 1.93. The van der Waals surface area contributed by atoms with E-state index < -0.39 is 0 Å². The van der Waals surface area contributed by atoms with Gasteiger partial charge in [0.2, 0.25) is 0 Å². The Morgan fingerprint density at radius 1 is 1.21 bits per heavy atom. The molecule has 1 aliphatic heterocycles. The lowest BCUT2D eigenvalue weighted by atomic mass is 10.0. The van der Waals surface area contributed by atoms with Gasteiger partial charge in [0.15, 0.2) is 0 Å². The zero-order valence-electron chi connectivity index (χ0n) is 11.8. The highest BCUT2D eigenvalue weighted by molar-refractivity contribution is 5.91. The van der Waals surface area contributed by atoms with Crippen molar-refractivity contribution >= 4 is 11.7 Å². The molecule has 104 valence electrons. The summed E-state index contributed by atoms with van der Waals surface area (Å²) < 4.78 is 0. The van der Waals surface area contributed by atoms with Gasteiger partial charge in [-0.3, -0.25) is 4.90 Å². The number of hydrogen-bond acceptors (Lipinski definition) is 2. The average Bonchev–Trinajstić information content (AvgIpc) is 3.23. The second-order valence-corrected chi connectivity index (χ2v) is 4.88. The smallest absolute Gasteiger partial charge is 0.319 e. The first-order valence-electron chi connectivity index (χ1n) is 7.12. The maximum absolute atomic E-state index is 11.9. The van der Waals surface area contributed by atoms with Crippen molar-refractivity contribution in [3.05, 3.63) is 29.3 Å². The average molecular weight is 261 g/mol. The number of carbonyl (C=O) groups is 1. The number of urea groups is 1. The highest BCUT2D eigenvalue weighted by Crippen LogP contribution is 2.22. The predicted octanol–water partition coefficient (Wildman–Crippen LogP) is 2.25. The van der Waals surface area contributed by atoms with Crippen LogP contribution in [0, 0.1) is 0 Å². The van der Waals surface area contributed by atoms with Crippen LogP contribution in [0.3, 0.4) is 0 Å². The van der Waals surface area contributed by atoms with Crippen LogP contribution >= 0.6 is 0 Å². The van der Waals surface area contributed by atoms with Crippen LogP contribution in [-0.2, 0) is 12.8 Å². The number of rotatable bonds is 6. The normalized spacial score (nSPS) is 14.2. The van der Waals surface area contributed by atoms with E-state index in [9.17, 15) is 4.79 Å². The quantitative estimate of drug-likeness (QED) is 0.771. The third-order valence-corrected chi connectivity index (χ3v) is 3.49. The first kappa shape index (κ1) is 13.9. The molecule has 1 saturated heterocycles. The summed E-state index contributed by atoms with van der Waals surface area (Å²) >= 11 is 0. The van der Waals surface area contributed by atoms with Crippen LogP contribution in [0.2, 0.25) is 0 Å². The van der Waals surface area contributed by atoms with Crippen molar-refractivity contribution in [3.8, 4) is 0 Å². The van der Waals surface area contributed by atoms with Gasteiger partial charge in [-0.1, -0.05) is 32.0 Å². The molecule has 2 N–H and O–H groups in total. The molecule has 0 aromatic heterocycles. The van der Waals surface area contributed by atoms with E-state index in [1.807, 2.05) is 0 Å².